The molecule has 0 aliphatic rings. The maximum atomic E-state index is 10.9. The molecule has 2 aromatic rings. The lowest BCUT2D eigenvalue weighted by atomic mass is 10.1. The van der Waals surface area contributed by atoms with Gasteiger partial charge in [-0.3, -0.25) is 4.79 Å². The van der Waals surface area contributed by atoms with Crippen molar-refractivity contribution in [2.75, 3.05) is 0 Å². The second kappa shape index (κ2) is 5.39. The van der Waals surface area contributed by atoms with Crippen LogP contribution < -0.4 is 0 Å². The van der Waals surface area contributed by atoms with Crippen molar-refractivity contribution < 1.29 is 9.90 Å². The van der Waals surface area contributed by atoms with Crippen LogP contribution in [0.4, 0.5) is 0 Å². The van der Waals surface area contributed by atoms with Gasteiger partial charge in [-0.25, -0.2) is 4.68 Å². The van der Waals surface area contributed by atoms with Crippen LogP contribution in [0.25, 0.3) is 10.7 Å². The molecule has 102 valence electrons. The van der Waals surface area contributed by atoms with E-state index in [1.54, 1.807) is 6.92 Å². The van der Waals surface area contributed by atoms with Gasteiger partial charge in [0.25, 0.3) is 0 Å². The quantitative estimate of drug-likeness (QED) is 0.872. The summed E-state index contributed by atoms with van der Waals surface area (Å²) in [5.74, 6) is -0.721. The summed E-state index contributed by atoms with van der Waals surface area (Å²) in [6, 6.07) is 0. The van der Waals surface area contributed by atoms with Crippen molar-refractivity contribution in [3.63, 3.8) is 0 Å². The summed E-state index contributed by atoms with van der Waals surface area (Å²) >= 11 is 1.21. The normalized spacial score (nSPS) is 12.8. The molecular weight excluding hydrogens is 268 g/mol. The van der Waals surface area contributed by atoms with Gasteiger partial charge >= 0.3 is 5.97 Å². The maximum Gasteiger partial charge on any atom is 0.308 e. The third kappa shape index (κ3) is 2.75. The van der Waals surface area contributed by atoms with Crippen molar-refractivity contribution in [3.8, 4) is 10.7 Å². The van der Waals surface area contributed by atoms with Gasteiger partial charge in [-0.05, 0) is 27.9 Å². The topological polar surface area (TPSA) is 107 Å². The summed E-state index contributed by atoms with van der Waals surface area (Å²) < 4.78 is 5.41. The molecule has 1 N–H and O–H groups in total. The van der Waals surface area contributed by atoms with E-state index < -0.39 is 11.9 Å². The fraction of sp³-hybridized carbons (Fsp3) is 0.600. The molecule has 9 heteroatoms. The van der Waals surface area contributed by atoms with Crippen LogP contribution in [-0.4, -0.2) is 40.9 Å². The van der Waals surface area contributed by atoms with Gasteiger partial charge in [0.2, 0.25) is 0 Å². The zero-order valence-electron chi connectivity index (χ0n) is 10.8. The summed E-state index contributed by atoms with van der Waals surface area (Å²) in [4.78, 5) is 11.7. The second-order valence-electron chi connectivity index (χ2n) is 4.57. The highest BCUT2D eigenvalue weighted by Gasteiger charge is 2.21. The third-order valence-corrected chi connectivity index (χ3v) is 3.40. The maximum absolute atomic E-state index is 10.9. The Hall–Kier alpha value is -1.90. The van der Waals surface area contributed by atoms with E-state index in [2.05, 4.69) is 25.1 Å². The van der Waals surface area contributed by atoms with Crippen molar-refractivity contribution in [3.05, 3.63) is 5.69 Å². The predicted molar refractivity (Wildman–Crippen MR) is 67.6 cm³/mol. The van der Waals surface area contributed by atoms with E-state index in [-0.39, 0.29) is 12.5 Å². The lowest BCUT2D eigenvalue weighted by Gasteiger charge is -2.08. The summed E-state index contributed by atoms with van der Waals surface area (Å²) in [6.45, 7) is 5.84. The van der Waals surface area contributed by atoms with Crippen LogP contribution >= 0.6 is 11.5 Å². The van der Waals surface area contributed by atoms with Crippen LogP contribution in [-0.2, 0) is 11.3 Å². The van der Waals surface area contributed by atoms with Gasteiger partial charge in [0.15, 0.2) is 5.82 Å². The van der Waals surface area contributed by atoms with E-state index in [4.69, 9.17) is 5.11 Å². The second-order valence-corrected chi connectivity index (χ2v) is 5.32. The number of carbonyl (C=O) groups is 1. The molecule has 0 amide bonds. The monoisotopic (exact) mass is 282 g/mol. The summed E-state index contributed by atoms with van der Waals surface area (Å²) in [7, 11) is 0. The van der Waals surface area contributed by atoms with Crippen LogP contribution in [0.1, 0.15) is 32.4 Å². The molecule has 2 rings (SSSR count). The molecule has 2 aromatic heterocycles. The van der Waals surface area contributed by atoms with Crippen LogP contribution in [0, 0.1) is 5.92 Å². The van der Waals surface area contributed by atoms with Gasteiger partial charge in [-0.15, -0.1) is 10.2 Å². The van der Waals surface area contributed by atoms with Gasteiger partial charge in [0, 0.05) is 0 Å². The number of carboxylic acids is 1. The molecule has 0 radical (unpaired) electrons. The molecule has 1 unspecified atom stereocenters. The average Bonchev–Trinajstić information content (AvgIpc) is 2.95. The Bertz CT molecular complexity index is 578. The molecule has 0 saturated heterocycles. The predicted octanol–water partition coefficient (Wildman–Crippen LogP) is 1.04. The van der Waals surface area contributed by atoms with E-state index in [1.807, 2.05) is 13.8 Å². The molecule has 2 heterocycles. The first-order valence-electron chi connectivity index (χ1n) is 5.82. The molecule has 0 bridgehead atoms. The number of aromatic nitrogens is 6. The zero-order chi connectivity index (χ0) is 14.0. The fourth-order valence-corrected chi connectivity index (χ4v) is 2.37. The van der Waals surface area contributed by atoms with E-state index in [1.165, 1.54) is 16.2 Å². The number of carboxylic acid groups (broad SMARTS) is 1. The molecular formula is C10H14N6O2S. The van der Waals surface area contributed by atoms with Crippen LogP contribution in [0.5, 0.6) is 0 Å². The molecule has 19 heavy (non-hydrogen) atoms. The van der Waals surface area contributed by atoms with Crippen LogP contribution in [0.3, 0.4) is 0 Å². The first-order valence-corrected chi connectivity index (χ1v) is 6.59. The minimum absolute atomic E-state index is 0.204. The third-order valence-electron chi connectivity index (χ3n) is 2.66. The number of hydrogen-bond acceptors (Lipinski definition) is 7. The van der Waals surface area contributed by atoms with Crippen molar-refractivity contribution in [1.29, 1.82) is 0 Å². The molecule has 0 fully saturated rings. The SMILES string of the molecule is CC(Cn1nnnc1-c1snnc1C(C)C)C(=O)O. The van der Waals surface area contributed by atoms with E-state index >= 15 is 0 Å². The number of rotatable bonds is 5. The Labute approximate surface area is 113 Å². The number of tetrazole rings is 1. The average molecular weight is 282 g/mol. The Morgan fingerprint density at radius 2 is 2.11 bits per heavy atom. The molecule has 8 nitrogen and oxygen atoms in total. The highest BCUT2D eigenvalue weighted by molar-refractivity contribution is 7.09. The largest absolute Gasteiger partial charge is 0.481 e. The molecule has 0 aliphatic heterocycles. The molecule has 0 spiro atoms. The first kappa shape index (κ1) is 13.5. The lowest BCUT2D eigenvalue weighted by Crippen LogP contribution is -2.18. The van der Waals surface area contributed by atoms with Crippen molar-refractivity contribution in [2.24, 2.45) is 5.92 Å². The van der Waals surface area contributed by atoms with Gasteiger partial charge in [-0.2, -0.15) is 0 Å². The molecule has 0 aliphatic carbocycles. The van der Waals surface area contributed by atoms with Gasteiger partial charge in [0.1, 0.15) is 4.88 Å². The number of nitrogens with zero attached hydrogens (tertiary/aromatic N) is 6. The molecule has 0 aromatic carbocycles. The Morgan fingerprint density at radius 3 is 2.74 bits per heavy atom. The highest BCUT2D eigenvalue weighted by Crippen LogP contribution is 2.28. The fourth-order valence-electron chi connectivity index (χ4n) is 1.56. The zero-order valence-corrected chi connectivity index (χ0v) is 11.6. The van der Waals surface area contributed by atoms with Gasteiger partial charge in [-0.1, -0.05) is 25.3 Å². The standard InChI is InChI=1S/C10H14N6O2S/c1-5(2)7-8(19-15-11-7)9-12-13-14-16(9)4-6(3)10(17)18/h5-6H,4H2,1-3H3,(H,17,18). The van der Waals surface area contributed by atoms with E-state index in [0.29, 0.717) is 5.82 Å². The first-order chi connectivity index (χ1) is 9.00. The number of hydrogen-bond donors (Lipinski definition) is 1. The minimum Gasteiger partial charge on any atom is -0.481 e. The minimum atomic E-state index is -0.882. The summed E-state index contributed by atoms with van der Waals surface area (Å²) in [5, 5.41) is 24.4. The van der Waals surface area contributed by atoms with Crippen molar-refractivity contribution in [1.82, 2.24) is 29.8 Å². The van der Waals surface area contributed by atoms with E-state index in [9.17, 15) is 4.79 Å². The van der Waals surface area contributed by atoms with Gasteiger partial charge in [0.05, 0.1) is 18.2 Å². The van der Waals surface area contributed by atoms with E-state index in [0.717, 1.165) is 10.6 Å². The Morgan fingerprint density at radius 1 is 1.37 bits per heavy atom. The lowest BCUT2D eigenvalue weighted by molar-refractivity contribution is -0.141. The summed E-state index contributed by atoms with van der Waals surface area (Å²) in [5.41, 5.74) is 0.823. The Balaban J connectivity index is 2.34. The molecule has 1 atom stereocenters. The van der Waals surface area contributed by atoms with Crippen LogP contribution in [0.2, 0.25) is 0 Å². The summed E-state index contributed by atoms with van der Waals surface area (Å²) in [6.07, 6.45) is 0. The smallest absolute Gasteiger partial charge is 0.308 e. The van der Waals surface area contributed by atoms with Crippen LogP contribution in [0.15, 0.2) is 0 Å². The Kier molecular flexibility index (Phi) is 3.84. The van der Waals surface area contributed by atoms with Gasteiger partial charge < -0.3 is 5.11 Å². The number of aliphatic carboxylic acids is 1. The highest BCUT2D eigenvalue weighted by atomic mass is 32.1. The van der Waals surface area contributed by atoms with Crippen molar-refractivity contribution >= 4 is 17.5 Å². The molecule has 0 saturated carbocycles. The van der Waals surface area contributed by atoms with Crippen molar-refractivity contribution in [2.45, 2.75) is 33.2 Å².